The van der Waals surface area contributed by atoms with Gasteiger partial charge in [0.1, 0.15) is 6.07 Å². The van der Waals surface area contributed by atoms with E-state index in [9.17, 15) is 10.1 Å². The van der Waals surface area contributed by atoms with Gasteiger partial charge < -0.3 is 5.32 Å². The second-order valence-electron chi connectivity index (χ2n) is 6.71. The average Bonchev–Trinajstić information content (AvgIpc) is 3.07. The predicted molar refractivity (Wildman–Crippen MR) is 114 cm³/mol. The molecule has 0 fully saturated rings. The zero-order valence-corrected chi connectivity index (χ0v) is 16.5. The molecule has 0 amide bonds. The van der Waals surface area contributed by atoms with Crippen LogP contribution in [0, 0.1) is 18.3 Å². The summed E-state index contributed by atoms with van der Waals surface area (Å²) in [4.78, 5) is 17.7. The first-order chi connectivity index (χ1) is 13.4. The first-order valence-corrected chi connectivity index (χ1v) is 8.98. The predicted octanol–water partition coefficient (Wildman–Crippen LogP) is 3.50. The molecular formula is C23H22N4O. The number of nitrogens with one attached hydrogen (secondary N) is 1. The summed E-state index contributed by atoms with van der Waals surface area (Å²) in [5.74, 6) is 0. The van der Waals surface area contributed by atoms with E-state index in [0.29, 0.717) is 33.0 Å². The Morgan fingerprint density at radius 1 is 1.29 bits per heavy atom. The van der Waals surface area contributed by atoms with Crippen molar-refractivity contribution in [2.45, 2.75) is 27.7 Å². The smallest absolute Gasteiger partial charge is 0.265 e. The maximum atomic E-state index is 13.2. The molecule has 1 N–H and O–H groups in total. The summed E-state index contributed by atoms with van der Waals surface area (Å²) in [6, 6.07) is 9.60. The molecule has 2 heterocycles. The highest BCUT2D eigenvalue weighted by atomic mass is 16.1. The van der Waals surface area contributed by atoms with Crippen LogP contribution in [0.25, 0.3) is 22.9 Å². The van der Waals surface area contributed by atoms with Crippen molar-refractivity contribution in [2.75, 3.05) is 0 Å². The van der Waals surface area contributed by atoms with Gasteiger partial charge in [-0.1, -0.05) is 30.9 Å². The monoisotopic (exact) mass is 370 g/mol. The molecule has 0 radical (unpaired) electrons. The van der Waals surface area contributed by atoms with E-state index in [-0.39, 0.29) is 5.56 Å². The topological polar surface area (TPSA) is 70.2 Å². The molecule has 5 heteroatoms. The van der Waals surface area contributed by atoms with Crippen LogP contribution >= 0.6 is 0 Å². The molecule has 0 saturated heterocycles. The molecule has 0 aliphatic rings. The lowest BCUT2D eigenvalue weighted by atomic mass is 10.1. The lowest BCUT2D eigenvalue weighted by molar-refractivity contribution is 1.04. The van der Waals surface area contributed by atoms with Gasteiger partial charge in [-0.25, -0.2) is 4.98 Å². The number of imidazole rings is 1. The fraction of sp³-hybridized carbons (Fsp3) is 0.174. The van der Waals surface area contributed by atoms with Crippen LogP contribution < -0.4 is 16.1 Å². The quantitative estimate of drug-likeness (QED) is 0.714. The molecule has 3 aromatic rings. The Morgan fingerprint density at radius 2 is 2.00 bits per heavy atom. The number of hydrogen-bond donors (Lipinski definition) is 1. The molecule has 3 rings (SSSR count). The minimum Gasteiger partial charge on any atom is -0.364 e. The average molecular weight is 370 g/mol. The van der Waals surface area contributed by atoms with E-state index >= 15 is 0 Å². The number of fused-ring (bicyclic) bond motifs is 3. The molecule has 1 aromatic carbocycles. The van der Waals surface area contributed by atoms with Crippen molar-refractivity contribution < 1.29 is 0 Å². The Morgan fingerprint density at radius 3 is 2.68 bits per heavy atom. The van der Waals surface area contributed by atoms with Gasteiger partial charge >= 0.3 is 0 Å². The minimum absolute atomic E-state index is 0.198. The Labute approximate surface area is 163 Å². The minimum atomic E-state index is -0.198. The third kappa shape index (κ3) is 3.10. The zero-order valence-electron chi connectivity index (χ0n) is 16.5. The number of allylic oxidation sites excluding steroid dienone is 5. The number of aromatic nitrogens is 2. The largest absolute Gasteiger partial charge is 0.364 e. The lowest BCUT2D eigenvalue weighted by Gasteiger charge is -2.09. The third-order valence-corrected chi connectivity index (χ3v) is 5.06. The maximum absolute atomic E-state index is 13.2. The van der Waals surface area contributed by atoms with E-state index in [1.165, 1.54) is 4.40 Å². The van der Waals surface area contributed by atoms with Crippen LogP contribution in [0.1, 0.15) is 31.9 Å². The van der Waals surface area contributed by atoms with Gasteiger partial charge in [0.15, 0.2) is 5.65 Å². The van der Waals surface area contributed by atoms with Crippen molar-refractivity contribution in [1.82, 2.24) is 14.7 Å². The molecule has 0 bridgehead atoms. The Kier molecular flexibility index (Phi) is 5.14. The van der Waals surface area contributed by atoms with Crippen LogP contribution in [0.4, 0.5) is 0 Å². The molecule has 0 unspecified atom stereocenters. The van der Waals surface area contributed by atoms with E-state index in [0.717, 1.165) is 16.8 Å². The SMILES string of the molecule is C=CC=C(C)C(C)=C(C)NC=c1c(C)c(C#N)c2nc3ccccc3n2c1=O. The van der Waals surface area contributed by atoms with E-state index in [2.05, 4.69) is 22.9 Å². The van der Waals surface area contributed by atoms with Crippen molar-refractivity contribution in [3.63, 3.8) is 0 Å². The molecule has 0 aliphatic heterocycles. The highest BCUT2D eigenvalue weighted by molar-refractivity contribution is 5.82. The number of hydrogen-bond acceptors (Lipinski definition) is 4. The molecule has 0 saturated carbocycles. The van der Waals surface area contributed by atoms with Crippen molar-refractivity contribution in [1.29, 1.82) is 5.26 Å². The molecular weight excluding hydrogens is 348 g/mol. The van der Waals surface area contributed by atoms with Crippen molar-refractivity contribution in [3.8, 4) is 6.07 Å². The van der Waals surface area contributed by atoms with E-state index in [1.54, 1.807) is 19.2 Å². The second-order valence-corrected chi connectivity index (χ2v) is 6.71. The molecule has 0 atom stereocenters. The third-order valence-electron chi connectivity index (χ3n) is 5.06. The Bertz CT molecular complexity index is 1320. The van der Waals surface area contributed by atoms with Crippen LogP contribution in [-0.2, 0) is 0 Å². The standard InChI is InChI=1S/C23H22N4O/c1-6-9-14(2)15(3)17(5)25-13-19-16(4)18(12-24)22-26-20-10-7-8-11-21(20)27(22)23(19)28/h6-11,13,25H,1H2,2-5H3. The van der Waals surface area contributed by atoms with Crippen LogP contribution in [0.5, 0.6) is 0 Å². The number of rotatable bonds is 4. The van der Waals surface area contributed by atoms with E-state index < -0.39 is 0 Å². The Hall–Kier alpha value is -3.65. The summed E-state index contributed by atoms with van der Waals surface area (Å²) >= 11 is 0. The molecule has 0 aliphatic carbocycles. The van der Waals surface area contributed by atoms with Gasteiger partial charge in [-0.15, -0.1) is 0 Å². The first-order valence-electron chi connectivity index (χ1n) is 8.98. The van der Waals surface area contributed by atoms with Gasteiger partial charge in [0, 0.05) is 11.9 Å². The molecule has 2 aromatic heterocycles. The number of nitrogens with zero attached hydrogens (tertiary/aromatic N) is 3. The highest BCUT2D eigenvalue weighted by Gasteiger charge is 2.15. The highest BCUT2D eigenvalue weighted by Crippen LogP contribution is 2.17. The van der Waals surface area contributed by atoms with Gasteiger partial charge in [0.25, 0.3) is 5.56 Å². The van der Waals surface area contributed by atoms with Crippen LogP contribution in [0.3, 0.4) is 0 Å². The fourth-order valence-electron chi connectivity index (χ4n) is 3.17. The van der Waals surface area contributed by atoms with Crippen molar-refractivity contribution in [2.24, 2.45) is 0 Å². The lowest BCUT2D eigenvalue weighted by Crippen LogP contribution is -2.35. The number of benzene rings is 1. The maximum Gasteiger partial charge on any atom is 0.265 e. The van der Waals surface area contributed by atoms with Crippen LogP contribution in [-0.4, -0.2) is 9.38 Å². The summed E-state index contributed by atoms with van der Waals surface area (Å²) in [6.07, 6.45) is 5.35. The number of pyridine rings is 1. The van der Waals surface area contributed by atoms with Crippen molar-refractivity contribution >= 4 is 22.9 Å². The summed E-state index contributed by atoms with van der Waals surface area (Å²) in [7, 11) is 0. The fourth-order valence-corrected chi connectivity index (χ4v) is 3.17. The van der Waals surface area contributed by atoms with Gasteiger partial charge in [-0.05, 0) is 56.5 Å². The number of para-hydroxylation sites is 2. The summed E-state index contributed by atoms with van der Waals surface area (Å²) in [5, 5.41) is 13.3. The number of nitriles is 1. The van der Waals surface area contributed by atoms with Crippen LogP contribution in [0.2, 0.25) is 0 Å². The summed E-state index contributed by atoms with van der Waals surface area (Å²) in [5.41, 5.74) is 5.69. The Balaban J connectivity index is 2.29. The second kappa shape index (κ2) is 7.53. The summed E-state index contributed by atoms with van der Waals surface area (Å²) < 4.78 is 1.52. The van der Waals surface area contributed by atoms with Crippen molar-refractivity contribution in [3.05, 3.63) is 86.5 Å². The van der Waals surface area contributed by atoms with Gasteiger partial charge in [-0.3, -0.25) is 9.20 Å². The van der Waals surface area contributed by atoms with Gasteiger partial charge in [0.2, 0.25) is 0 Å². The first kappa shape index (κ1) is 19.1. The molecule has 28 heavy (non-hydrogen) atoms. The van der Waals surface area contributed by atoms with E-state index in [4.69, 9.17) is 0 Å². The summed E-state index contributed by atoms with van der Waals surface area (Å²) in [6.45, 7) is 11.5. The molecule has 5 nitrogen and oxygen atoms in total. The van der Waals surface area contributed by atoms with Crippen LogP contribution in [0.15, 0.2) is 64.6 Å². The molecule has 0 spiro atoms. The van der Waals surface area contributed by atoms with Gasteiger partial charge in [0.05, 0.1) is 21.8 Å². The molecule has 140 valence electrons. The van der Waals surface area contributed by atoms with E-state index in [1.807, 2.05) is 51.1 Å². The van der Waals surface area contributed by atoms with Gasteiger partial charge in [-0.2, -0.15) is 5.26 Å². The normalized spacial score (nSPS) is 13.5. The zero-order chi connectivity index (χ0) is 20.4.